The average Bonchev–Trinajstić information content (AvgIpc) is 2.72. The highest BCUT2D eigenvalue weighted by Crippen LogP contribution is 2.43. The molecule has 0 aromatic carbocycles. The van der Waals surface area contributed by atoms with E-state index in [1.54, 1.807) is 0 Å². The standard InChI is InChI=1S/C10H17NO2/c1-11-4-2-3-8(11)5-7-6-9(7)10(12)13/h7-9H,2-6H2,1H3,(H,12,13). The maximum atomic E-state index is 10.6. The maximum Gasteiger partial charge on any atom is 0.306 e. The molecule has 1 aliphatic heterocycles. The van der Waals surface area contributed by atoms with Crippen molar-refractivity contribution < 1.29 is 9.90 Å². The molecule has 3 atom stereocenters. The molecule has 0 amide bonds. The van der Waals surface area contributed by atoms with Gasteiger partial charge < -0.3 is 10.0 Å². The van der Waals surface area contributed by atoms with E-state index in [0.29, 0.717) is 12.0 Å². The summed E-state index contributed by atoms with van der Waals surface area (Å²) in [7, 11) is 2.15. The van der Waals surface area contributed by atoms with Gasteiger partial charge in [0.05, 0.1) is 5.92 Å². The Morgan fingerprint density at radius 3 is 2.85 bits per heavy atom. The molecule has 3 nitrogen and oxygen atoms in total. The summed E-state index contributed by atoms with van der Waals surface area (Å²) in [6, 6.07) is 0.661. The summed E-state index contributed by atoms with van der Waals surface area (Å²) in [5.41, 5.74) is 0. The van der Waals surface area contributed by atoms with E-state index in [9.17, 15) is 4.79 Å². The molecule has 0 aromatic rings. The van der Waals surface area contributed by atoms with Crippen LogP contribution >= 0.6 is 0 Å². The Bertz CT molecular complexity index is 217. The number of carbonyl (C=O) groups is 1. The van der Waals surface area contributed by atoms with Crippen LogP contribution < -0.4 is 0 Å². The van der Waals surface area contributed by atoms with Crippen molar-refractivity contribution in [2.24, 2.45) is 11.8 Å². The molecule has 3 unspecified atom stereocenters. The van der Waals surface area contributed by atoms with Crippen molar-refractivity contribution >= 4 is 5.97 Å². The number of nitrogens with zero attached hydrogens (tertiary/aromatic N) is 1. The number of hydrogen-bond acceptors (Lipinski definition) is 2. The molecule has 1 saturated carbocycles. The number of rotatable bonds is 3. The summed E-state index contributed by atoms with van der Waals surface area (Å²) in [6.45, 7) is 1.19. The highest BCUT2D eigenvalue weighted by Gasteiger charge is 2.44. The van der Waals surface area contributed by atoms with Crippen molar-refractivity contribution in [2.75, 3.05) is 13.6 Å². The van der Waals surface area contributed by atoms with Gasteiger partial charge in [-0.2, -0.15) is 0 Å². The van der Waals surface area contributed by atoms with E-state index in [0.717, 1.165) is 12.8 Å². The van der Waals surface area contributed by atoms with Gasteiger partial charge in [0.2, 0.25) is 0 Å². The van der Waals surface area contributed by atoms with Crippen LogP contribution in [0.1, 0.15) is 25.7 Å². The molecule has 0 radical (unpaired) electrons. The van der Waals surface area contributed by atoms with E-state index in [-0.39, 0.29) is 5.92 Å². The van der Waals surface area contributed by atoms with Gasteiger partial charge in [-0.3, -0.25) is 4.79 Å². The third kappa shape index (κ3) is 1.85. The monoisotopic (exact) mass is 183 g/mol. The third-order valence-corrected chi connectivity index (χ3v) is 3.49. The first-order valence-electron chi connectivity index (χ1n) is 5.11. The molecule has 2 rings (SSSR count). The SMILES string of the molecule is CN1CCCC1CC1CC1C(=O)O. The molecule has 0 aromatic heterocycles. The second-order valence-electron chi connectivity index (χ2n) is 4.45. The Morgan fingerprint density at radius 2 is 2.38 bits per heavy atom. The lowest BCUT2D eigenvalue weighted by Crippen LogP contribution is -2.25. The van der Waals surface area contributed by atoms with Gasteiger partial charge in [-0.1, -0.05) is 0 Å². The highest BCUT2D eigenvalue weighted by atomic mass is 16.4. The zero-order valence-electron chi connectivity index (χ0n) is 8.07. The van der Waals surface area contributed by atoms with E-state index in [1.807, 2.05) is 0 Å². The molecule has 1 saturated heterocycles. The molecule has 74 valence electrons. The summed E-state index contributed by atoms with van der Waals surface area (Å²) in [5, 5.41) is 8.75. The number of hydrogen-bond donors (Lipinski definition) is 1. The summed E-state index contributed by atoms with van der Waals surface area (Å²) in [5.74, 6) is -0.136. The molecule has 2 aliphatic rings. The van der Waals surface area contributed by atoms with Crippen LogP contribution in [0.3, 0.4) is 0 Å². The van der Waals surface area contributed by atoms with Gasteiger partial charge in [0.1, 0.15) is 0 Å². The third-order valence-electron chi connectivity index (χ3n) is 3.49. The summed E-state index contributed by atoms with van der Waals surface area (Å²) < 4.78 is 0. The molecule has 1 aliphatic carbocycles. The summed E-state index contributed by atoms with van der Waals surface area (Å²) >= 11 is 0. The van der Waals surface area contributed by atoms with Gasteiger partial charge in [0.25, 0.3) is 0 Å². The maximum absolute atomic E-state index is 10.6. The first-order valence-corrected chi connectivity index (χ1v) is 5.11. The van der Waals surface area contributed by atoms with Crippen LogP contribution in [0.2, 0.25) is 0 Å². The number of carboxylic acid groups (broad SMARTS) is 1. The van der Waals surface area contributed by atoms with Crippen molar-refractivity contribution in [1.29, 1.82) is 0 Å². The van der Waals surface area contributed by atoms with Crippen molar-refractivity contribution in [1.82, 2.24) is 4.90 Å². The molecule has 2 fully saturated rings. The van der Waals surface area contributed by atoms with Crippen molar-refractivity contribution in [2.45, 2.75) is 31.7 Å². The minimum absolute atomic E-state index is 0.0194. The van der Waals surface area contributed by atoms with E-state index in [1.165, 1.54) is 19.4 Å². The van der Waals surface area contributed by atoms with E-state index in [4.69, 9.17) is 5.11 Å². The van der Waals surface area contributed by atoms with Gasteiger partial charge in [-0.05, 0) is 45.2 Å². The zero-order chi connectivity index (χ0) is 9.42. The summed E-state index contributed by atoms with van der Waals surface area (Å²) in [4.78, 5) is 13.0. The van der Waals surface area contributed by atoms with Crippen molar-refractivity contribution in [3.05, 3.63) is 0 Å². The Balaban J connectivity index is 1.77. The molecule has 3 heteroatoms. The molecule has 1 N–H and O–H groups in total. The van der Waals surface area contributed by atoms with Crippen molar-refractivity contribution in [3.63, 3.8) is 0 Å². The van der Waals surface area contributed by atoms with Gasteiger partial charge >= 0.3 is 5.97 Å². The van der Waals surface area contributed by atoms with Gasteiger partial charge in [-0.15, -0.1) is 0 Å². The Labute approximate surface area is 78.7 Å². The fraction of sp³-hybridized carbons (Fsp3) is 0.900. The molecule has 13 heavy (non-hydrogen) atoms. The number of carboxylic acids is 1. The Kier molecular flexibility index (Phi) is 2.28. The van der Waals surface area contributed by atoms with Crippen LogP contribution in [0.15, 0.2) is 0 Å². The second-order valence-corrected chi connectivity index (χ2v) is 4.45. The smallest absolute Gasteiger partial charge is 0.306 e. The Hall–Kier alpha value is -0.570. The summed E-state index contributed by atoms with van der Waals surface area (Å²) in [6.07, 6.45) is 4.57. The van der Waals surface area contributed by atoms with Crippen LogP contribution in [0.25, 0.3) is 0 Å². The quantitative estimate of drug-likeness (QED) is 0.714. The number of aliphatic carboxylic acids is 1. The second kappa shape index (κ2) is 3.29. The zero-order valence-corrected chi connectivity index (χ0v) is 8.07. The Morgan fingerprint density at radius 1 is 1.62 bits per heavy atom. The molecule has 0 spiro atoms. The molecular weight excluding hydrogens is 166 g/mol. The van der Waals surface area contributed by atoms with Crippen LogP contribution in [0.5, 0.6) is 0 Å². The lowest BCUT2D eigenvalue weighted by atomic mass is 10.1. The van der Waals surface area contributed by atoms with Crippen LogP contribution in [0.4, 0.5) is 0 Å². The van der Waals surface area contributed by atoms with Crippen molar-refractivity contribution in [3.8, 4) is 0 Å². The van der Waals surface area contributed by atoms with E-state index >= 15 is 0 Å². The minimum Gasteiger partial charge on any atom is -0.481 e. The fourth-order valence-electron chi connectivity index (χ4n) is 2.44. The van der Waals surface area contributed by atoms with Gasteiger partial charge in [-0.25, -0.2) is 0 Å². The van der Waals surface area contributed by atoms with Gasteiger partial charge in [0, 0.05) is 6.04 Å². The average molecular weight is 183 g/mol. The number of likely N-dealkylation sites (tertiary alicyclic amines) is 1. The van der Waals surface area contributed by atoms with Crippen LogP contribution in [0, 0.1) is 11.8 Å². The predicted molar refractivity (Wildman–Crippen MR) is 49.5 cm³/mol. The lowest BCUT2D eigenvalue weighted by Gasteiger charge is -2.18. The van der Waals surface area contributed by atoms with E-state index < -0.39 is 5.97 Å². The molecular formula is C10H17NO2. The van der Waals surface area contributed by atoms with Crippen LogP contribution in [-0.2, 0) is 4.79 Å². The molecule has 0 bridgehead atoms. The molecule has 1 heterocycles. The van der Waals surface area contributed by atoms with Gasteiger partial charge in [0.15, 0.2) is 0 Å². The first kappa shape index (κ1) is 9.00. The first-order chi connectivity index (χ1) is 6.18. The highest BCUT2D eigenvalue weighted by molar-refractivity contribution is 5.73. The normalized spacial score (nSPS) is 39.3. The largest absolute Gasteiger partial charge is 0.481 e. The minimum atomic E-state index is -0.592. The topological polar surface area (TPSA) is 40.5 Å². The van der Waals surface area contributed by atoms with E-state index in [2.05, 4.69) is 11.9 Å². The lowest BCUT2D eigenvalue weighted by molar-refractivity contribution is -0.138. The predicted octanol–water partition coefficient (Wildman–Crippen LogP) is 1.19. The van der Waals surface area contributed by atoms with Crippen LogP contribution in [-0.4, -0.2) is 35.6 Å². The fourth-order valence-corrected chi connectivity index (χ4v) is 2.44.